The molecule has 2 heterocycles. The third-order valence-electron chi connectivity index (χ3n) is 3.34. The van der Waals surface area contributed by atoms with Crippen molar-refractivity contribution in [2.45, 2.75) is 6.10 Å². The largest absolute Gasteiger partial charge is 0.384 e. The Morgan fingerprint density at radius 3 is 2.68 bits per heavy atom. The van der Waals surface area contributed by atoms with Crippen molar-refractivity contribution in [3.05, 3.63) is 67.5 Å². The van der Waals surface area contributed by atoms with Crippen molar-refractivity contribution >= 4 is 44.1 Å². The van der Waals surface area contributed by atoms with E-state index >= 15 is 0 Å². The van der Waals surface area contributed by atoms with E-state index in [0.717, 1.165) is 5.39 Å². The molecule has 112 valence electrons. The number of nitrogens with one attached hydrogen (secondary N) is 1. The van der Waals surface area contributed by atoms with Crippen LogP contribution < -0.4 is 0 Å². The van der Waals surface area contributed by atoms with Gasteiger partial charge in [-0.1, -0.05) is 11.6 Å². The van der Waals surface area contributed by atoms with E-state index in [-0.39, 0.29) is 5.69 Å². The minimum atomic E-state index is -0.931. The van der Waals surface area contributed by atoms with Crippen LogP contribution in [0.25, 0.3) is 10.9 Å². The molecule has 8 heteroatoms. The zero-order chi connectivity index (χ0) is 15.9. The van der Waals surface area contributed by atoms with Gasteiger partial charge in [-0.05, 0) is 39.7 Å². The molecular weight excluding hydrogens is 374 g/mol. The van der Waals surface area contributed by atoms with Gasteiger partial charge in [0, 0.05) is 29.3 Å². The highest BCUT2D eigenvalue weighted by Crippen LogP contribution is 2.33. The van der Waals surface area contributed by atoms with E-state index in [9.17, 15) is 15.2 Å². The predicted octanol–water partition coefficient (Wildman–Crippen LogP) is 3.97. The number of halogens is 2. The number of aliphatic hydroxyl groups excluding tert-OH is 1. The first-order valence-corrected chi connectivity index (χ1v) is 7.40. The molecule has 0 bridgehead atoms. The number of nitro benzene ring substituents is 1. The molecule has 6 nitrogen and oxygen atoms in total. The standard InChI is InChI=1S/C14H9BrClN3O3/c15-11-5-9-10(6-17-12(9)14(16)18-11)13(20)7-1-3-8(4-2-7)19(21)22/h1-6,13,17,20H. The molecule has 22 heavy (non-hydrogen) atoms. The molecule has 1 unspecified atom stereocenters. The van der Waals surface area contributed by atoms with Crippen LogP contribution in [0.3, 0.4) is 0 Å². The van der Waals surface area contributed by atoms with Crippen molar-refractivity contribution in [2.75, 3.05) is 0 Å². The Morgan fingerprint density at radius 1 is 1.36 bits per heavy atom. The van der Waals surface area contributed by atoms with Crippen molar-refractivity contribution in [1.82, 2.24) is 9.97 Å². The summed E-state index contributed by atoms with van der Waals surface area (Å²) in [6.07, 6.45) is 0.719. The van der Waals surface area contributed by atoms with Gasteiger partial charge in [-0.15, -0.1) is 0 Å². The predicted molar refractivity (Wildman–Crippen MR) is 86.0 cm³/mol. The van der Waals surface area contributed by atoms with Gasteiger partial charge >= 0.3 is 0 Å². The van der Waals surface area contributed by atoms with Crippen LogP contribution in [-0.2, 0) is 0 Å². The van der Waals surface area contributed by atoms with E-state index in [2.05, 4.69) is 25.9 Å². The average molecular weight is 383 g/mol. The summed E-state index contributed by atoms with van der Waals surface area (Å²) in [6, 6.07) is 7.52. The molecule has 3 rings (SSSR count). The summed E-state index contributed by atoms with van der Waals surface area (Å²) in [5.74, 6) is 0. The van der Waals surface area contributed by atoms with Crippen LogP contribution in [0, 0.1) is 10.1 Å². The molecular formula is C14H9BrClN3O3. The Bertz CT molecular complexity index is 864. The lowest BCUT2D eigenvalue weighted by Gasteiger charge is -2.10. The third kappa shape index (κ3) is 2.58. The van der Waals surface area contributed by atoms with E-state index in [1.165, 1.54) is 24.3 Å². The zero-order valence-electron chi connectivity index (χ0n) is 11.0. The van der Waals surface area contributed by atoms with Crippen molar-refractivity contribution in [1.29, 1.82) is 0 Å². The number of pyridine rings is 1. The molecule has 1 aromatic carbocycles. The van der Waals surface area contributed by atoms with Gasteiger partial charge in [0.1, 0.15) is 10.7 Å². The smallest absolute Gasteiger partial charge is 0.269 e. The lowest BCUT2D eigenvalue weighted by atomic mass is 10.0. The van der Waals surface area contributed by atoms with Crippen molar-refractivity contribution in [3.63, 3.8) is 0 Å². The molecule has 0 aliphatic heterocycles. The number of aromatic amines is 1. The fourth-order valence-corrected chi connectivity index (χ4v) is 3.02. The molecule has 2 aromatic heterocycles. The fraction of sp³-hybridized carbons (Fsp3) is 0.0714. The molecule has 0 aliphatic carbocycles. The lowest BCUT2D eigenvalue weighted by Crippen LogP contribution is -1.99. The maximum Gasteiger partial charge on any atom is 0.269 e. The third-order valence-corrected chi connectivity index (χ3v) is 4.02. The van der Waals surface area contributed by atoms with Crippen LogP contribution in [0.4, 0.5) is 5.69 Å². The number of nitro groups is 1. The van der Waals surface area contributed by atoms with Gasteiger partial charge in [0.25, 0.3) is 5.69 Å². The average Bonchev–Trinajstić information content (AvgIpc) is 2.90. The molecule has 0 spiro atoms. The second-order valence-electron chi connectivity index (χ2n) is 4.65. The van der Waals surface area contributed by atoms with Gasteiger partial charge in [-0.3, -0.25) is 10.1 Å². The monoisotopic (exact) mass is 381 g/mol. The van der Waals surface area contributed by atoms with Crippen LogP contribution in [0.1, 0.15) is 17.2 Å². The van der Waals surface area contributed by atoms with Crippen LogP contribution in [0.2, 0.25) is 5.15 Å². The molecule has 0 amide bonds. The van der Waals surface area contributed by atoms with E-state index in [4.69, 9.17) is 11.6 Å². The van der Waals surface area contributed by atoms with E-state index < -0.39 is 11.0 Å². The maximum absolute atomic E-state index is 10.7. The van der Waals surface area contributed by atoms with Gasteiger partial charge in [0.05, 0.1) is 10.4 Å². The number of nitrogens with zero attached hydrogens (tertiary/aromatic N) is 2. The van der Waals surface area contributed by atoms with Gasteiger partial charge in [0.2, 0.25) is 0 Å². The Morgan fingerprint density at radius 2 is 2.05 bits per heavy atom. The van der Waals surface area contributed by atoms with Gasteiger partial charge in [-0.25, -0.2) is 4.98 Å². The molecule has 2 N–H and O–H groups in total. The highest BCUT2D eigenvalue weighted by atomic mass is 79.9. The zero-order valence-corrected chi connectivity index (χ0v) is 13.3. The van der Waals surface area contributed by atoms with E-state index in [0.29, 0.717) is 26.4 Å². The molecule has 0 saturated carbocycles. The summed E-state index contributed by atoms with van der Waals surface area (Å²) in [5.41, 5.74) is 1.77. The van der Waals surface area contributed by atoms with Gasteiger partial charge in [-0.2, -0.15) is 0 Å². The number of benzene rings is 1. The molecule has 0 radical (unpaired) electrons. The quantitative estimate of drug-likeness (QED) is 0.407. The highest BCUT2D eigenvalue weighted by Gasteiger charge is 2.18. The Kier molecular flexibility index (Phi) is 3.86. The van der Waals surface area contributed by atoms with E-state index in [1.807, 2.05) is 0 Å². The van der Waals surface area contributed by atoms with Gasteiger partial charge < -0.3 is 10.1 Å². The minimum absolute atomic E-state index is 0.0233. The second-order valence-corrected chi connectivity index (χ2v) is 5.82. The SMILES string of the molecule is O=[N+]([O-])c1ccc(C(O)c2c[nH]c3c(Cl)nc(Br)cc23)cc1. The summed E-state index contributed by atoms with van der Waals surface area (Å²) in [6.45, 7) is 0. The minimum Gasteiger partial charge on any atom is -0.384 e. The molecule has 3 aromatic rings. The van der Waals surface area contributed by atoms with Crippen LogP contribution >= 0.6 is 27.5 Å². The van der Waals surface area contributed by atoms with Crippen molar-refractivity contribution < 1.29 is 10.0 Å². The molecule has 0 aliphatic rings. The van der Waals surface area contributed by atoms with Gasteiger partial charge in [0.15, 0.2) is 5.15 Å². The number of fused-ring (bicyclic) bond motifs is 1. The Balaban J connectivity index is 2.05. The number of non-ortho nitro benzene ring substituents is 1. The Hall–Kier alpha value is -1.96. The first kappa shape index (κ1) is 15.0. The summed E-state index contributed by atoms with van der Waals surface area (Å²) >= 11 is 9.32. The Labute approximate surface area is 138 Å². The first-order valence-electron chi connectivity index (χ1n) is 6.23. The lowest BCUT2D eigenvalue weighted by molar-refractivity contribution is -0.384. The highest BCUT2D eigenvalue weighted by molar-refractivity contribution is 9.10. The van der Waals surface area contributed by atoms with Crippen LogP contribution in [-0.4, -0.2) is 20.0 Å². The normalized spacial score (nSPS) is 12.5. The fourth-order valence-electron chi connectivity index (χ4n) is 2.26. The first-order chi connectivity index (χ1) is 10.5. The number of hydrogen-bond acceptors (Lipinski definition) is 4. The number of rotatable bonds is 3. The number of H-pyrrole nitrogens is 1. The topological polar surface area (TPSA) is 92.0 Å². The summed E-state index contributed by atoms with van der Waals surface area (Å²) in [7, 11) is 0. The second kappa shape index (κ2) is 5.68. The molecule has 0 fully saturated rings. The summed E-state index contributed by atoms with van der Waals surface area (Å²) < 4.78 is 0.557. The number of aromatic nitrogens is 2. The van der Waals surface area contributed by atoms with Crippen LogP contribution in [0.5, 0.6) is 0 Å². The number of hydrogen-bond donors (Lipinski definition) is 2. The van der Waals surface area contributed by atoms with Crippen molar-refractivity contribution in [2.24, 2.45) is 0 Å². The van der Waals surface area contributed by atoms with Crippen LogP contribution in [0.15, 0.2) is 41.1 Å². The van der Waals surface area contributed by atoms with Crippen molar-refractivity contribution in [3.8, 4) is 0 Å². The van der Waals surface area contributed by atoms with E-state index in [1.54, 1.807) is 12.3 Å². The summed E-state index contributed by atoms with van der Waals surface area (Å²) in [5, 5.41) is 22.2. The summed E-state index contributed by atoms with van der Waals surface area (Å²) in [4.78, 5) is 17.2. The maximum atomic E-state index is 10.7. The molecule has 0 saturated heterocycles. The number of aliphatic hydroxyl groups is 1. The molecule has 1 atom stereocenters.